The predicted octanol–water partition coefficient (Wildman–Crippen LogP) is 2.76. The summed E-state index contributed by atoms with van der Waals surface area (Å²) < 4.78 is 13.0. The van der Waals surface area contributed by atoms with E-state index in [9.17, 15) is 24.1 Å². The van der Waals surface area contributed by atoms with Gasteiger partial charge in [-0.05, 0) is 36.2 Å². The number of anilines is 1. The molecule has 1 heterocycles. The van der Waals surface area contributed by atoms with Crippen molar-refractivity contribution in [3.8, 4) is 0 Å². The van der Waals surface area contributed by atoms with E-state index in [2.05, 4.69) is 10.2 Å². The van der Waals surface area contributed by atoms with Crippen LogP contribution in [0.25, 0.3) is 0 Å². The van der Waals surface area contributed by atoms with E-state index in [-0.39, 0.29) is 29.7 Å². The first-order valence-electron chi connectivity index (χ1n) is 10.1. The number of halogens is 1. The van der Waals surface area contributed by atoms with Gasteiger partial charge in [0.05, 0.1) is 11.3 Å². The molecular formula is C22H25FN4O4. The summed E-state index contributed by atoms with van der Waals surface area (Å²) in [5, 5.41) is 13.6. The molecule has 1 aliphatic heterocycles. The fourth-order valence-corrected chi connectivity index (χ4v) is 3.48. The minimum Gasteiger partial charge on any atom is -0.340 e. The molecule has 9 heteroatoms. The van der Waals surface area contributed by atoms with Crippen LogP contribution in [0, 0.1) is 22.9 Å². The van der Waals surface area contributed by atoms with Crippen LogP contribution in [0.4, 0.5) is 15.8 Å². The van der Waals surface area contributed by atoms with Gasteiger partial charge in [0.1, 0.15) is 5.82 Å². The van der Waals surface area contributed by atoms with Gasteiger partial charge in [-0.3, -0.25) is 24.6 Å². The monoisotopic (exact) mass is 428 g/mol. The average Bonchev–Trinajstić information content (AvgIpc) is 2.75. The maximum Gasteiger partial charge on any atom is 0.269 e. The largest absolute Gasteiger partial charge is 0.340 e. The van der Waals surface area contributed by atoms with Gasteiger partial charge < -0.3 is 10.2 Å². The van der Waals surface area contributed by atoms with Crippen molar-refractivity contribution in [2.45, 2.75) is 19.8 Å². The molecule has 8 nitrogen and oxygen atoms in total. The number of benzene rings is 2. The van der Waals surface area contributed by atoms with Crippen molar-refractivity contribution in [1.29, 1.82) is 0 Å². The molecule has 0 aromatic heterocycles. The van der Waals surface area contributed by atoms with Crippen molar-refractivity contribution in [3.05, 3.63) is 69.5 Å². The normalized spacial score (nSPS) is 14.3. The van der Waals surface area contributed by atoms with Crippen molar-refractivity contribution in [2.24, 2.45) is 0 Å². The number of aryl methyl sites for hydroxylation is 1. The molecule has 1 aliphatic rings. The molecule has 0 spiro atoms. The fourth-order valence-electron chi connectivity index (χ4n) is 3.48. The van der Waals surface area contributed by atoms with Crippen LogP contribution < -0.4 is 5.32 Å². The first-order valence-corrected chi connectivity index (χ1v) is 10.1. The number of nitro groups is 1. The Morgan fingerprint density at radius 3 is 2.39 bits per heavy atom. The number of nitro benzene ring substituents is 1. The molecule has 0 atom stereocenters. The van der Waals surface area contributed by atoms with Gasteiger partial charge in [0.2, 0.25) is 11.8 Å². The molecule has 0 bridgehead atoms. The molecule has 31 heavy (non-hydrogen) atoms. The zero-order chi connectivity index (χ0) is 22.4. The lowest BCUT2D eigenvalue weighted by Crippen LogP contribution is -2.49. The zero-order valence-electron chi connectivity index (χ0n) is 17.3. The van der Waals surface area contributed by atoms with Gasteiger partial charge in [-0.1, -0.05) is 12.1 Å². The van der Waals surface area contributed by atoms with Crippen molar-refractivity contribution in [3.63, 3.8) is 0 Å². The number of amides is 2. The third-order valence-electron chi connectivity index (χ3n) is 5.34. The van der Waals surface area contributed by atoms with Crippen LogP contribution in [0.15, 0.2) is 42.5 Å². The number of nitrogens with zero attached hydrogens (tertiary/aromatic N) is 3. The van der Waals surface area contributed by atoms with Crippen LogP contribution >= 0.6 is 0 Å². The summed E-state index contributed by atoms with van der Waals surface area (Å²) in [4.78, 5) is 39.0. The van der Waals surface area contributed by atoms with E-state index in [1.807, 2.05) is 0 Å². The van der Waals surface area contributed by atoms with E-state index in [1.165, 1.54) is 30.3 Å². The Morgan fingerprint density at radius 2 is 1.77 bits per heavy atom. The lowest BCUT2D eigenvalue weighted by Gasteiger charge is -2.34. The highest BCUT2D eigenvalue weighted by atomic mass is 19.1. The smallest absolute Gasteiger partial charge is 0.269 e. The Balaban J connectivity index is 1.40. The second-order valence-electron chi connectivity index (χ2n) is 7.58. The number of nitrogens with one attached hydrogen (secondary N) is 1. The van der Waals surface area contributed by atoms with E-state index in [0.29, 0.717) is 50.4 Å². The highest BCUT2D eigenvalue weighted by Gasteiger charge is 2.21. The molecule has 0 aliphatic carbocycles. The van der Waals surface area contributed by atoms with Gasteiger partial charge in [0, 0.05) is 57.0 Å². The minimum absolute atomic E-state index is 0.0117. The highest BCUT2D eigenvalue weighted by Crippen LogP contribution is 2.21. The third-order valence-corrected chi connectivity index (χ3v) is 5.34. The van der Waals surface area contributed by atoms with E-state index < -0.39 is 4.92 Å². The second kappa shape index (κ2) is 10.1. The highest BCUT2D eigenvalue weighted by molar-refractivity contribution is 5.91. The van der Waals surface area contributed by atoms with Crippen LogP contribution in [0.2, 0.25) is 0 Å². The van der Waals surface area contributed by atoms with Crippen LogP contribution in [0.3, 0.4) is 0 Å². The van der Waals surface area contributed by atoms with E-state index in [0.717, 1.165) is 5.56 Å². The van der Waals surface area contributed by atoms with Crippen LogP contribution in [0.5, 0.6) is 0 Å². The van der Waals surface area contributed by atoms with Crippen LogP contribution in [0.1, 0.15) is 17.5 Å². The number of non-ortho nitro benzene ring substituents is 1. The SMILES string of the molecule is Cc1cc([N+](=O)[O-])ccc1NC(=O)CCN1CCN(C(=O)Cc2ccc(F)cc2)CC1. The topological polar surface area (TPSA) is 95.8 Å². The van der Waals surface area contributed by atoms with E-state index in [1.54, 1.807) is 24.0 Å². The number of carbonyl (C=O) groups is 2. The summed E-state index contributed by atoms with van der Waals surface area (Å²) in [6.07, 6.45) is 0.539. The Kier molecular flexibility index (Phi) is 7.30. The number of piperazine rings is 1. The number of rotatable bonds is 7. The molecule has 2 aromatic rings. The molecule has 1 N–H and O–H groups in total. The molecule has 0 radical (unpaired) electrons. The third kappa shape index (κ3) is 6.32. The lowest BCUT2D eigenvalue weighted by atomic mass is 10.1. The Hall–Kier alpha value is -3.33. The Labute approximate surface area is 179 Å². The quantitative estimate of drug-likeness (QED) is 0.540. The maximum absolute atomic E-state index is 13.0. The predicted molar refractivity (Wildman–Crippen MR) is 114 cm³/mol. The Morgan fingerprint density at radius 1 is 1.10 bits per heavy atom. The summed E-state index contributed by atoms with van der Waals surface area (Å²) in [7, 11) is 0. The summed E-state index contributed by atoms with van der Waals surface area (Å²) in [5.74, 6) is -0.470. The van der Waals surface area contributed by atoms with Gasteiger partial charge in [-0.2, -0.15) is 0 Å². The minimum atomic E-state index is -0.470. The van der Waals surface area contributed by atoms with Crippen LogP contribution in [-0.2, 0) is 16.0 Å². The zero-order valence-corrected chi connectivity index (χ0v) is 17.3. The van der Waals surface area contributed by atoms with E-state index in [4.69, 9.17) is 0 Å². The molecule has 2 amide bonds. The summed E-state index contributed by atoms with van der Waals surface area (Å²) >= 11 is 0. The summed E-state index contributed by atoms with van der Waals surface area (Å²) in [6.45, 7) is 4.81. The van der Waals surface area contributed by atoms with Gasteiger partial charge in [0.25, 0.3) is 5.69 Å². The van der Waals surface area contributed by atoms with Gasteiger partial charge in [-0.15, -0.1) is 0 Å². The standard InChI is InChI=1S/C22H25FN4O4/c1-16-14-19(27(30)31)6-7-20(16)24-21(28)8-9-25-10-12-26(13-11-25)22(29)15-17-2-4-18(23)5-3-17/h2-7,14H,8-13,15H2,1H3,(H,24,28). The van der Waals surface area contributed by atoms with Crippen LogP contribution in [-0.4, -0.2) is 59.3 Å². The first-order chi connectivity index (χ1) is 14.8. The molecule has 0 saturated carbocycles. The van der Waals surface area contributed by atoms with Crippen molar-refractivity contribution >= 4 is 23.2 Å². The van der Waals surface area contributed by atoms with Gasteiger partial charge in [0.15, 0.2) is 0 Å². The molecular weight excluding hydrogens is 403 g/mol. The molecule has 1 saturated heterocycles. The molecule has 3 rings (SSSR count). The van der Waals surface area contributed by atoms with Crippen molar-refractivity contribution in [1.82, 2.24) is 9.80 Å². The average molecular weight is 428 g/mol. The first kappa shape index (κ1) is 22.4. The fraction of sp³-hybridized carbons (Fsp3) is 0.364. The number of hydrogen-bond acceptors (Lipinski definition) is 5. The molecule has 164 valence electrons. The van der Waals surface area contributed by atoms with E-state index >= 15 is 0 Å². The Bertz CT molecular complexity index is 956. The maximum atomic E-state index is 13.0. The van der Waals surface area contributed by atoms with Crippen molar-refractivity contribution < 1.29 is 18.9 Å². The van der Waals surface area contributed by atoms with Gasteiger partial charge in [-0.25, -0.2) is 4.39 Å². The second-order valence-corrected chi connectivity index (χ2v) is 7.58. The number of hydrogen-bond donors (Lipinski definition) is 1. The van der Waals surface area contributed by atoms with Crippen molar-refractivity contribution in [2.75, 3.05) is 38.0 Å². The molecule has 0 unspecified atom stereocenters. The van der Waals surface area contributed by atoms with Gasteiger partial charge >= 0.3 is 0 Å². The number of carbonyl (C=O) groups excluding carboxylic acids is 2. The molecule has 2 aromatic carbocycles. The summed E-state index contributed by atoms with van der Waals surface area (Å²) in [6, 6.07) is 10.3. The summed E-state index contributed by atoms with van der Waals surface area (Å²) in [5.41, 5.74) is 1.97. The molecule has 1 fully saturated rings. The lowest BCUT2D eigenvalue weighted by molar-refractivity contribution is -0.384.